The van der Waals surface area contributed by atoms with E-state index in [9.17, 15) is 0 Å². The zero-order chi connectivity index (χ0) is 21.8. The Kier molecular flexibility index (Phi) is 5.60. The molecular weight excluding hydrogens is 408 g/mol. The van der Waals surface area contributed by atoms with E-state index in [0.717, 1.165) is 16.5 Å². The summed E-state index contributed by atoms with van der Waals surface area (Å²) in [6.07, 6.45) is 5.13. The first kappa shape index (κ1) is 19.9. The van der Waals surface area contributed by atoms with Crippen molar-refractivity contribution in [2.75, 3.05) is 36.1 Å². The predicted octanol–water partition coefficient (Wildman–Crippen LogP) is 3.04. The molecule has 1 aromatic carbocycles. The van der Waals surface area contributed by atoms with Crippen molar-refractivity contribution in [3.05, 3.63) is 66.6 Å². The highest BCUT2D eigenvalue weighted by Gasteiger charge is 2.22. The fraction of sp³-hybridized carbons (Fsp3) is 0.182. The molecule has 162 valence electrons. The van der Waals surface area contributed by atoms with E-state index in [1.54, 1.807) is 25.7 Å². The second kappa shape index (κ2) is 9.00. The second-order valence-electron chi connectivity index (χ2n) is 7.10. The molecule has 4 aromatic rings. The number of nitrogens with zero attached hydrogens (tertiary/aromatic N) is 5. The fourth-order valence-corrected chi connectivity index (χ4v) is 3.37. The molecule has 3 N–H and O–H groups in total. The zero-order valence-corrected chi connectivity index (χ0v) is 17.4. The molecule has 0 bridgehead atoms. The summed E-state index contributed by atoms with van der Waals surface area (Å²) in [5, 5.41) is 6.19. The van der Waals surface area contributed by atoms with E-state index in [1.807, 2.05) is 29.3 Å². The smallest absolute Gasteiger partial charge is 0.191 e. The molecule has 0 saturated carbocycles. The van der Waals surface area contributed by atoms with Crippen LogP contribution < -0.4 is 26.0 Å². The molecule has 10 heteroatoms. The number of benzene rings is 1. The maximum absolute atomic E-state index is 5.74. The molecule has 32 heavy (non-hydrogen) atoms. The highest BCUT2D eigenvalue weighted by Crippen LogP contribution is 2.30. The van der Waals surface area contributed by atoms with Crippen LogP contribution in [0.15, 0.2) is 61.1 Å². The van der Waals surface area contributed by atoms with Crippen LogP contribution in [0.4, 0.5) is 23.3 Å². The van der Waals surface area contributed by atoms with Crippen LogP contribution in [-0.2, 0) is 11.3 Å². The number of pyridine rings is 2. The Balaban J connectivity index is 1.35. The summed E-state index contributed by atoms with van der Waals surface area (Å²) in [6.45, 7) is 1.51. The van der Waals surface area contributed by atoms with Gasteiger partial charge in [-0.15, -0.1) is 5.53 Å². The molecule has 0 aliphatic carbocycles. The van der Waals surface area contributed by atoms with Gasteiger partial charge in [0, 0.05) is 24.9 Å². The zero-order valence-electron chi connectivity index (χ0n) is 17.4. The lowest BCUT2D eigenvalue weighted by Crippen LogP contribution is -2.35. The van der Waals surface area contributed by atoms with Crippen LogP contribution in [-0.4, -0.2) is 40.3 Å². The van der Waals surface area contributed by atoms with Crippen molar-refractivity contribution in [1.29, 1.82) is 0 Å². The molecule has 0 unspecified atom stereocenters. The minimum atomic E-state index is 0.426. The van der Waals surface area contributed by atoms with Crippen molar-refractivity contribution in [3.63, 3.8) is 0 Å². The Labute approximate surface area is 184 Å². The molecule has 0 spiro atoms. The minimum absolute atomic E-state index is 0.426. The Morgan fingerprint density at radius 2 is 1.94 bits per heavy atom. The molecule has 5 rings (SSSR count). The molecule has 10 nitrogen and oxygen atoms in total. The third-order valence-corrected chi connectivity index (χ3v) is 4.89. The van der Waals surface area contributed by atoms with Crippen LogP contribution >= 0.6 is 0 Å². The average molecular weight is 430 g/mol. The summed E-state index contributed by atoms with van der Waals surface area (Å²) >= 11 is 0. The topological polar surface area (TPSA) is 109 Å². The van der Waals surface area contributed by atoms with Crippen LogP contribution in [0.2, 0.25) is 0 Å². The molecule has 0 radical (unpaired) electrons. The molecule has 0 amide bonds. The van der Waals surface area contributed by atoms with Gasteiger partial charge >= 0.3 is 0 Å². The first-order valence-corrected chi connectivity index (χ1v) is 10.1. The summed E-state index contributed by atoms with van der Waals surface area (Å²) < 4.78 is 10.8. The number of hydrogen-bond donors (Lipinski definition) is 3. The molecule has 1 aliphatic rings. The van der Waals surface area contributed by atoms with E-state index >= 15 is 0 Å². The molecule has 0 atom stereocenters. The third-order valence-electron chi connectivity index (χ3n) is 4.89. The third kappa shape index (κ3) is 4.22. The normalized spacial score (nSPS) is 12.5. The Bertz CT molecular complexity index is 1240. The van der Waals surface area contributed by atoms with E-state index in [-0.39, 0.29) is 0 Å². The summed E-state index contributed by atoms with van der Waals surface area (Å²) in [5.41, 5.74) is 8.25. The van der Waals surface area contributed by atoms with Gasteiger partial charge in [-0.2, -0.15) is 0 Å². The van der Waals surface area contributed by atoms with E-state index in [2.05, 4.69) is 49.4 Å². The number of hydrazine groups is 2. The van der Waals surface area contributed by atoms with E-state index in [4.69, 9.17) is 14.5 Å². The van der Waals surface area contributed by atoms with Crippen LogP contribution in [0, 0.1) is 0 Å². The summed E-state index contributed by atoms with van der Waals surface area (Å²) in [5.74, 6) is 3.06. The number of aromatic nitrogens is 4. The van der Waals surface area contributed by atoms with Gasteiger partial charge in [-0.25, -0.2) is 15.0 Å². The number of ether oxygens (including phenoxy) is 2. The van der Waals surface area contributed by atoms with Crippen LogP contribution in [0.5, 0.6) is 5.75 Å². The minimum Gasteiger partial charge on any atom is -0.487 e. The van der Waals surface area contributed by atoms with Crippen molar-refractivity contribution in [2.24, 2.45) is 0 Å². The van der Waals surface area contributed by atoms with Gasteiger partial charge in [0.15, 0.2) is 29.0 Å². The van der Waals surface area contributed by atoms with Crippen molar-refractivity contribution < 1.29 is 9.47 Å². The Morgan fingerprint density at radius 1 is 1.03 bits per heavy atom. The van der Waals surface area contributed by atoms with Crippen molar-refractivity contribution in [1.82, 2.24) is 25.5 Å². The molecular formula is C22H22N8O2. The number of hydrogen-bond acceptors (Lipinski definition) is 10. The second-order valence-corrected chi connectivity index (χ2v) is 7.10. The van der Waals surface area contributed by atoms with Crippen LogP contribution in [0.1, 0.15) is 5.56 Å². The maximum atomic E-state index is 5.74. The van der Waals surface area contributed by atoms with E-state index in [1.165, 1.54) is 0 Å². The lowest BCUT2D eigenvalue weighted by molar-refractivity contribution is 0.146. The Morgan fingerprint density at radius 3 is 2.88 bits per heavy atom. The van der Waals surface area contributed by atoms with Crippen molar-refractivity contribution >= 4 is 34.2 Å². The van der Waals surface area contributed by atoms with Crippen molar-refractivity contribution in [2.45, 2.75) is 6.54 Å². The van der Waals surface area contributed by atoms with Crippen LogP contribution in [0.25, 0.3) is 10.9 Å². The molecule has 0 saturated heterocycles. The van der Waals surface area contributed by atoms with Crippen molar-refractivity contribution in [3.8, 4) is 5.75 Å². The fourth-order valence-electron chi connectivity index (χ4n) is 3.37. The summed E-state index contributed by atoms with van der Waals surface area (Å²) in [6, 6.07) is 13.8. The van der Waals surface area contributed by atoms with Gasteiger partial charge in [-0.3, -0.25) is 15.4 Å². The molecule has 0 fully saturated rings. The van der Waals surface area contributed by atoms with Gasteiger partial charge in [0.1, 0.15) is 6.61 Å². The first-order valence-electron chi connectivity index (χ1n) is 10.1. The maximum Gasteiger partial charge on any atom is 0.191 e. The quantitative estimate of drug-likeness (QED) is 0.361. The van der Waals surface area contributed by atoms with Crippen LogP contribution in [0.3, 0.4) is 0 Å². The molecule has 4 heterocycles. The lowest BCUT2D eigenvalue weighted by atomic mass is 10.1. The van der Waals surface area contributed by atoms with E-state index < -0.39 is 0 Å². The number of methoxy groups -OCH3 is 1. The number of fused-ring (bicyclic) bond motifs is 2. The highest BCUT2D eigenvalue weighted by molar-refractivity contribution is 5.79. The number of anilines is 4. The SMILES string of the molecule is COCCOc1cccnc1Nc1cnc2c(n1)N(Cc1ccc3ncccc3c1)NN2. The van der Waals surface area contributed by atoms with E-state index in [0.29, 0.717) is 48.8 Å². The van der Waals surface area contributed by atoms with Gasteiger partial charge < -0.3 is 14.8 Å². The summed E-state index contributed by atoms with van der Waals surface area (Å²) in [7, 11) is 1.63. The van der Waals surface area contributed by atoms with Gasteiger partial charge in [0.05, 0.1) is 24.9 Å². The monoisotopic (exact) mass is 430 g/mol. The Hall–Kier alpha value is -4.02. The average Bonchev–Trinajstić information content (AvgIpc) is 3.22. The lowest BCUT2D eigenvalue weighted by Gasteiger charge is -2.17. The van der Waals surface area contributed by atoms with Gasteiger partial charge in [0.2, 0.25) is 0 Å². The largest absolute Gasteiger partial charge is 0.487 e. The molecule has 1 aliphatic heterocycles. The van der Waals surface area contributed by atoms with Gasteiger partial charge in [-0.05, 0) is 35.9 Å². The first-order chi connectivity index (χ1) is 15.8. The predicted molar refractivity (Wildman–Crippen MR) is 122 cm³/mol. The standard InChI is InChI=1S/C22H22N8O2/c1-31-10-11-32-18-5-3-9-24-20(18)26-19-13-25-21-22(27-19)30(29-28-21)14-15-6-7-17-16(12-15)4-2-8-23-17/h2-9,12-13,29H,10-11,14H2,1H3,(H,25,28)(H,24,26,27). The number of rotatable bonds is 8. The molecule has 3 aromatic heterocycles. The number of nitrogens with one attached hydrogen (secondary N) is 3. The summed E-state index contributed by atoms with van der Waals surface area (Å²) in [4.78, 5) is 17.9. The van der Waals surface area contributed by atoms with Gasteiger partial charge in [0.25, 0.3) is 0 Å². The van der Waals surface area contributed by atoms with Gasteiger partial charge in [-0.1, -0.05) is 12.1 Å². The highest BCUT2D eigenvalue weighted by atomic mass is 16.5.